The average Bonchev–Trinajstić information content (AvgIpc) is 2.40. The Morgan fingerprint density at radius 3 is 2.14 bits per heavy atom. The lowest BCUT2D eigenvalue weighted by molar-refractivity contribution is 0.485. The van der Waals surface area contributed by atoms with Crippen LogP contribution in [0.25, 0.3) is 0 Å². The van der Waals surface area contributed by atoms with Crippen molar-refractivity contribution in [3.8, 4) is 0 Å². The normalized spacial score (nSPS) is 12.1. The molecular weight excluding hydrogens is 338 g/mol. The average molecular weight is 350 g/mol. The molecule has 2 rings (SSSR count). The Morgan fingerprint density at radius 2 is 1.50 bits per heavy atom. The molecule has 0 saturated heterocycles. The molecule has 22 heavy (non-hydrogen) atoms. The van der Waals surface area contributed by atoms with Gasteiger partial charge in [-0.25, -0.2) is 30.8 Å². The van der Waals surface area contributed by atoms with Gasteiger partial charge < -0.3 is 0 Å². The number of anilines is 1. The molecule has 0 aromatic heterocycles. The van der Waals surface area contributed by atoms with Gasteiger partial charge in [0, 0.05) is 1.43 Å². The molecule has 0 heterocycles. The molecule has 0 radical (unpaired) electrons. The van der Waals surface area contributed by atoms with Crippen molar-refractivity contribution in [1.29, 1.82) is 0 Å². The molecule has 10 heteroatoms. The van der Waals surface area contributed by atoms with Gasteiger partial charge in [-0.1, -0.05) is 18.2 Å². The molecule has 0 saturated carbocycles. The van der Waals surface area contributed by atoms with Gasteiger partial charge >= 0.3 is 0 Å². The summed E-state index contributed by atoms with van der Waals surface area (Å²) in [6.45, 7) is 0. The highest BCUT2D eigenvalue weighted by molar-refractivity contribution is 7.93. The topological polar surface area (TPSA) is 106 Å². The van der Waals surface area contributed by atoms with Crippen LogP contribution in [0.4, 0.5) is 14.5 Å². The first-order valence-electron chi connectivity index (χ1n) is 5.71. The Labute approximate surface area is 127 Å². The fraction of sp³-hybridized carbons (Fsp3) is 0. The maximum absolute atomic E-state index is 13.6. The van der Waals surface area contributed by atoms with Gasteiger partial charge in [-0.3, -0.25) is 4.72 Å². The second kappa shape index (κ2) is 5.63. The zero-order valence-electron chi connectivity index (χ0n) is 10.8. The van der Waals surface area contributed by atoms with E-state index in [4.69, 9.17) is 5.14 Å². The minimum Gasteiger partial charge on any atom is -0.278 e. The van der Waals surface area contributed by atoms with E-state index in [2.05, 4.69) is 0 Å². The summed E-state index contributed by atoms with van der Waals surface area (Å²) in [5, 5.41) is 4.97. The van der Waals surface area contributed by atoms with Crippen LogP contribution >= 0.6 is 0 Å². The number of sulfonamides is 2. The van der Waals surface area contributed by atoms with Crippen molar-refractivity contribution in [1.82, 2.24) is 0 Å². The molecule has 0 amide bonds. The van der Waals surface area contributed by atoms with Gasteiger partial charge in [0.25, 0.3) is 10.0 Å². The number of nitrogens with two attached hydrogens (primary N) is 1. The highest BCUT2D eigenvalue weighted by atomic mass is 32.2. The number of benzene rings is 2. The van der Waals surface area contributed by atoms with E-state index in [1.165, 1.54) is 12.1 Å². The van der Waals surface area contributed by atoms with E-state index in [9.17, 15) is 25.6 Å². The van der Waals surface area contributed by atoms with Crippen LogP contribution in [0, 0.1) is 11.6 Å². The number of halogens is 2. The lowest BCUT2D eigenvalue weighted by Gasteiger charge is -2.12. The lowest BCUT2D eigenvalue weighted by atomic mass is 10.3. The summed E-state index contributed by atoms with van der Waals surface area (Å²) in [5.74, 6) is -2.91. The largest absolute Gasteiger partial charge is 0.278 e. The first-order valence-corrected chi connectivity index (χ1v) is 8.74. The van der Waals surface area contributed by atoms with Crippen LogP contribution in [-0.2, 0) is 20.0 Å². The fourth-order valence-corrected chi connectivity index (χ4v) is 3.62. The third-order valence-electron chi connectivity index (χ3n) is 2.64. The van der Waals surface area contributed by atoms with Crippen LogP contribution in [0.15, 0.2) is 52.3 Å². The van der Waals surface area contributed by atoms with E-state index in [0.29, 0.717) is 0 Å². The van der Waals surface area contributed by atoms with Crippen LogP contribution in [0.2, 0.25) is 0 Å². The smallest absolute Gasteiger partial charge is 0.264 e. The molecule has 2 aromatic carbocycles. The summed E-state index contributed by atoms with van der Waals surface area (Å²) in [5.41, 5.74) is -0.367. The van der Waals surface area contributed by atoms with E-state index in [1.54, 1.807) is 0 Å². The second-order valence-corrected chi connectivity index (χ2v) is 7.38. The Hall–Kier alpha value is -2.04. The summed E-state index contributed by atoms with van der Waals surface area (Å²) in [7, 11) is -8.74. The summed E-state index contributed by atoms with van der Waals surface area (Å²) < 4.78 is 75.6. The van der Waals surface area contributed by atoms with E-state index in [1.807, 2.05) is 4.72 Å². The zero-order valence-corrected chi connectivity index (χ0v) is 12.5. The van der Waals surface area contributed by atoms with Gasteiger partial charge in [0.05, 0.1) is 5.69 Å². The predicted molar refractivity (Wildman–Crippen MR) is 77.1 cm³/mol. The molecule has 3 N–H and O–H groups in total. The Kier molecular flexibility index (Phi) is 4.18. The fourth-order valence-electron chi connectivity index (χ4n) is 1.69. The van der Waals surface area contributed by atoms with Crippen molar-refractivity contribution in [2.45, 2.75) is 9.79 Å². The molecule has 0 unspecified atom stereocenters. The van der Waals surface area contributed by atoms with Crippen LogP contribution < -0.4 is 9.86 Å². The highest BCUT2D eigenvalue weighted by Crippen LogP contribution is 2.24. The number of primary sulfonamides is 1. The van der Waals surface area contributed by atoms with Gasteiger partial charge in [-0.2, -0.15) is 0 Å². The van der Waals surface area contributed by atoms with Crippen molar-refractivity contribution >= 4 is 25.7 Å². The minimum absolute atomic E-state index is 0. The van der Waals surface area contributed by atoms with Gasteiger partial charge in [-0.15, -0.1) is 0 Å². The summed E-state index contributed by atoms with van der Waals surface area (Å²) in [6, 6.07) is 7.52. The monoisotopic (exact) mass is 350 g/mol. The SMILES string of the molecule is NS(=O)(=O)c1ccccc1NS(=O)(=O)c1cccc(F)c1F.[HH]. The summed E-state index contributed by atoms with van der Waals surface area (Å²) >= 11 is 0. The van der Waals surface area contributed by atoms with E-state index in [0.717, 1.165) is 30.3 Å². The first kappa shape index (κ1) is 16.3. The number of para-hydroxylation sites is 1. The van der Waals surface area contributed by atoms with Crippen molar-refractivity contribution in [2.24, 2.45) is 5.14 Å². The van der Waals surface area contributed by atoms with Gasteiger partial charge in [0.2, 0.25) is 10.0 Å². The Morgan fingerprint density at radius 1 is 0.909 bits per heavy atom. The molecule has 2 aromatic rings. The summed E-state index contributed by atoms with van der Waals surface area (Å²) in [6.07, 6.45) is 0. The standard InChI is InChI=1S/C12H10F2N2O4S2.H2/c13-8-4-3-7-11(12(8)14)22(19,20)16-9-5-1-2-6-10(9)21(15,17)18;/h1-7,16H,(H2,15,17,18);1H. The Bertz CT molecular complexity index is 934. The summed E-state index contributed by atoms with van der Waals surface area (Å²) in [4.78, 5) is -1.44. The van der Waals surface area contributed by atoms with Gasteiger partial charge in [0.15, 0.2) is 11.6 Å². The van der Waals surface area contributed by atoms with E-state index >= 15 is 0 Å². The number of nitrogens with one attached hydrogen (secondary N) is 1. The molecule has 6 nitrogen and oxygen atoms in total. The Balaban J connectivity index is 0.00000264. The van der Waals surface area contributed by atoms with Crippen LogP contribution in [-0.4, -0.2) is 16.8 Å². The molecule has 0 spiro atoms. The third kappa shape index (κ3) is 3.24. The first-order chi connectivity index (χ1) is 10.1. The molecular formula is C12H12F2N2O4S2. The molecule has 0 fully saturated rings. The molecule has 0 atom stereocenters. The van der Waals surface area contributed by atoms with Crippen molar-refractivity contribution < 1.29 is 27.0 Å². The zero-order chi connectivity index (χ0) is 16.5. The predicted octanol–water partition coefficient (Wildman–Crippen LogP) is 1.66. The van der Waals surface area contributed by atoms with Crippen molar-refractivity contribution in [3.05, 3.63) is 54.1 Å². The molecule has 0 bridgehead atoms. The van der Waals surface area contributed by atoms with Crippen LogP contribution in [0.1, 0.15) is 1.43 Å². The van der Waals surface area contributed by atoms with Crippen LogP contribution in [0.5, 0.6) is 0 Å². The van der Waals surface area contributed by atoms with E-state index in [-0.39, 0.29) is 7.11 Å². The van der Waals surface area contributed by atoms with Crippen molar-refractivity contribution in [2.75, 3.05) is 4.72 Å². The number of hydrogen-bond donors (Lipinski definition) is 2. The lowest BCUT2D eigenvalue weighted by Crippen LogP contribution is -2.19. The highest BCUT2D eigenvalue weighted by Gasteiger charge is 2.24. The second-order valence-electron chi connectivity index (χ2n) is 4.20. The van der Waals surface area contributed by atoms with Gasteiger partial charge in [-0.05, 0) is 24.3 Å². The molecule has 0 aliphatic carbocycles. The quantitative estimate of drug-likeness (QED) is 0.874. The van der Waals surface area contributed by atoms with E-state index < -0.39 is 41.5 Å². The number of hydrogen-bond acceptors (Lipinski definition) is 4. The third-order valence-corrected chi connectivity index (χ3v) is 5.00. The molecule has 0 aliphatic rings. The number of rotatable bonds is 4. The van der Waals surface area contributed by atoms with Gasteiger partial charge in [0.1, 0.15) is 9.79 Å². The maximum Gasteiger partial charge on any atom is 0.264 e. The van der Waals surface area contributed by atoms with Crippen LogP contribution in [0.3, 0.4) is 0 Å². The molecule has 0 aliphatic heterocycles. The van der Waals surface area contributed by atoms with Crippen molar-refractivity contribution in [3.63, 3.8) is 0 Å². The maximum atomic E-state index is 13.6. The molecule has 120 valence electrons. The minimum atomic E-state index is -4.53.